The van der Waals surface area contributed by atoms with Crippen molar-refractivity contribution < 1.29 is 4.79 Å². The molecule has 1 aliphatic rings. The largest absolute Gasteiger partial charge is 0.342 e. The van der Waals surface area contributed by atoms with E-state index in [0.717, 1.165) is 32.4 Å². The lowest BCUT2D eigenvalue weighted by Gasteiger charge is -2.20. The first-order valence-electron chi connectivity index (χ1n) is 6.40. The molecule has 17 heavy (non-hydrogen) atoms. The quantitative estimate of drug-likeness (QED) is 0.846. The van der Waals surface area contributed by atoms with E-state index in [4.69, 9.17) is 5.73 Å². The minimum atomic E-state index is 0. The van der Waals surface area contributed by atoms with E-state index in [9.17, 15) is 4.79 Å². The maximum absolute atomic E-state index is 11.9. The summed E-state index contributed by atoms with van der Waals surface area (Å²) in [4.78, 5) is 13.9. The fourth-order valence-electron chi connectivity index (χ4n) is 2.18. The van der Waals surface area contributed by atoms with Gasteiger partial charge in [0.25, 0.3) is 0 Å². The number of hydrogen-bond donors (Lipinski definition) is 1. The van der Waals surface area contributed by atoms with E-state index >= 15 is 0 Å². The van der Waals surface area contributed by atoms with E-state index in [1.165, 1.54) is 0 Å². The first kappa shape index (κ1) is 16.7. The molecule has 2 N–H and O–H groups in total. The highest BCUT2D eigenvalue weighted by Gasteiger charge is 2.24. The molecule has 1 aliphatic heterocycles. The molecule has 0 bridgehead atoms. The van der Waals surface area contributed by atoms with E-state index in [2.05, 4.69) is 20.8 Å². The van der Waals surface area contributed by atoms with Gasteiger partial charge < -0.3 is 10.6 Å². The van der Waals surface area contributed by atoms with Crippen LogP contribution in [0.2, 0.25) is 0 Å². The molecular weight excluding hydrogens is 236 g/mol. The molecule has 1 unspecified atom stereocenters. The van der Waals surface area contributed by atoms with Gasteiger partial charge in [0.1, 0.15) is 0 Å². The van der Waals surface area contributed by atoms with Gasteiger partial charge in [-0.05, 0) is 37.1 Å². The predicted molar refractivity (Wildman–Crippen MR) is 74.3 cm³/mol. The molecule has 1 saturated heterocycles. The van der Waals surface area contributed by atoms with E-state index < -0.39 is 0 Å². The summed E-state index contributed by atoms with van der Waals surface area (Å²) in [6, 6.07) is 0. The van der Waals surface area contributed by atoms with Crippen LogP contribution in [0.5, 0.6) is 0 Å². The van der Waals surface area contributed by atoms with E-state index in [-0.39, 0.29) is 12.4 Å². The highest BCUT2D eigenvalue weighted by Crippen LogP contribution is 2.23. The maximum atomic E-state index is 11.9. The molecule has 1 heterocycles. The molecule has 0 aliphatic carbocycles. The Hall–Kier alpha value is -0.280. The molecule has 0 spiro atoms. The third kappa shape index (κ3) is 6.27. The number of hydrogen-bond acceptors (Lipinski definition) is 2. The molecule has 3 nitrogen and oxygen atoms in total. The maximum Gasteiger partial charge on any atom is 0.222 e. The van der Waals surface area contributed by atoms with Crippen molar-refractivity contribution >= 4 is 18.3 Å². The Labute approximate surface area is 112 Å². The third-order valence-corrected chi connectivity index (χ3v) is 3.29. The van der Waals surface area contributed by atoms with Crippen molar-refractivity contribution in [3.8, 4) is 0 Å². The van der Waals surface area contributed by atoms with Crippen molar-refractivity contribution in [1.82, 2.24) is 4.90 Å². The summed E-state index contributed by atoms with van der Waals surface area (Å²) in [6.07, 6.45) is 3.91. The van der Waals surface area contributed by atoms with Gasteiger partial charge in [-0.2, -0.15) is 0 Å². The molecule has 102 valence electrons. The highest BCUT2D eigenvalue weighted by atomic mass is 35.5. The third-order valence-electron chi connectivity index (χ3n) is 3.29. The lowest BCUT2D eigenvalue weighted by molar-refractivity contribution is -0.130. The molecule has 1 amide bonds. The fraction of sp³-hybridized carbons (Fsp3) is 0.923. The lowest BCUT2D eigenvalue weighted by atomic mass is 9.90. The van der Waals surface area contributed by atoms with Gasteiger partial charge >= 0.3 is 0 Å². The van der Waals surface area contributed by atoms with E-state index in [1.54, 1.807) is 0 Å². The van der Waals surface area contributed by atoms with Crippen LogP contribution in [0.15, 0.2) is 0 Å². The van der Waals surface area contributed by atoms with Crippen LogP contribution < -0.4 is 5.73 Å². The molecule has 1 rings (SSSR count). The summed E-state index contributed by atoms with van der Waals surface area (Å²) in [6.45, 7) is 9.17. The number of carbonyl (C=O) groups excluding carboxylic acids is 1. The van der Waals surface area contributed by atoms with Gasteiger partial charge in [0.2, 0.25) is 5.91 Å². The minimum absolute atomic E-state index is 0. The Morgan fingerprint density at radius 3 is 2.53 bits per heavy atom. The van der Waals surface area contributed by atoms with Crippen molar-refractivity contribution in [3.63, 3.8) is 0 Å². The summed E-state index contributed by atoms with van der Waals surface area (Å²) in [7, 11) is 0. The SMILES string of the molecule is CC(C)(C)CCCC(=O)N1CCC(CN)C1.Cl. The van der Waals surface area contributed by atoms with E-state index in [0.29, 0.717) is 30.2 Å². The number of carbonyl (C=O) groups is 1. The van der Waals surface area contributed by atoms with Gasteiger partial charge in [0.15, 0.2) is 0 Å². The molecule has 4 heteroatoms. The minimum Gasteiger partial charge on any atom is -0.342 e. The van der Waals surface area contributed by atoms with E-state index in [1.807, 2.05) is 4.90 Å². The van der Waals surface area contributed by atoms with Crippen LogP contribution in [0.1, 0.15) is 46.5 Å². The average Bonchev–Trinajstić information content (AvgIpc) is 2.63. The van der Waals surface area contributed by atoms with Crippen LogP contribution in [0.3, 0.4) is 0 Å². The molecule has 0 aromatic heterocycles. The Bertz CT molecular complexity index is 238. The lowest BCUT2D eigenvalue weighted by Crippen LogP contribution is -2.29. The number of rotatable bonds is 4. The first-order valence-corrected chi connectivity index (χ1v) is 6.40. The van der Waals surface area contributed by atoms with Crippen molar-refractivity contribution in [2.45, 2.75) is 46.5 Å². The topological polar surface area (TPSA) is 46.3 Å². The predicted octanol–water partition coefficient (Wildman–Crippen LogP) is 2.43. The number of nitrogens with zero attached hydrogens (tertiary/aromatic N) is 1. The standard InChI is InChI=1S/C13H26N2O.ClH/c1-13(2,3)7-4-5-12(16)15-8-6-11(9-14)10-15;/h11H,4-10,14H2,1-3H3;1H. The summed E-state index contributed by atoms with van der Waals surface area (Å²) >= 11 is 0. The second kappa shape index (κ2) is 7.22. The van der Waals surface area contributed by atoms with Crippen LogP contribution in [-0.2, 0) is 4.79 Å². The first-order chi connectivity index (χ1) is 7.42. The Kier molecular flexibility index (Phi) is 7.10. The second-order valence-electron chi connectivity index (χ2n) is 6.14. The zero-order valence-electron chi connectivity index (χ0n) is 11.4. The van der Waals surface area contributed by atoms with Crippen molar-refractivity contribution in [2.75, 3.05) is 19.6 Å². The molecular formula is C13H27ClN2O. The Balaban J connectivity index is 0.00000256. The summed E-state index contributed by atoms with van der Waals surface area (Å²) in [5, 5.41) is 0. The smallest absolute Gasteiger partial charge is 0.222 e. The highest BCUT2D eigenvalue weighted by molar-refractivity contribution is 5.85. The van der Waals surface area contributed by atoms with Crippen LogP contribution in [0, 0.1) is 11.3 Å². The van der Waals surface area contributed by atoms with Crippen molar-refractivity contribution in [3.05, 3.63) is 0 Å². The molecule has 0 radical (unpaired) electrons. The molecule has 0 aromatic rings. The molecule has 0 saturated carbocycles. The van der Waals surface area contributed by atoms with Gasteiger partial charge in [0, 0.05) is 19.5 Å². The van der Waals surface area contributed by atoms with Gasteiger partial charge in [0.05, 0.1) is 0 Å². The van der Waals surface area contributed by atoms with Gasteiger partial charge in [-0.25, -0.2) is 0 Å². The second-order valence-corrected chi connectivity index (χ2v) is 6.14. The zero-order chi connectivity index (χ0) is 12.2. The van der Waals surface area contributed by atoms with Crippen LogP contribution >= 0.6 is 12.4 Å². The molecule has 0 aromatic carbocycles. The number of nitrogens with two attached hydrogens (primary N) is 1. The Morgan fingerprint density at radius 1 is 1.41 bits per heavy atom. The monoisotopic (exact) mass is 262 g/mol. The van der Waals surface area contributed by atoms with Crippen molar-refractivity contribution in [2.24, 2.45) is 17.1 Å². The summed E-state index contributed by atoms with van der Waals surface area (Å²) < 4.78 is 0. The van der Waals surface area contributed by atoms with Crippen LogP contribution in [-0.4, -0.2) is 30.4 Å². The molecule has 1 atom stereocenters. The van der Waals surface area contributed by atoms with Gasteiger partial charge in [-0.3, -0.25) is 4.79 Å². The summed E-state index contributed by atoms with van der Waals surface area (Å²) in [5.41, 5.74) is 5.95. The summed E-state index contributed by atoms with van der Waals surface area (Å²) in [5.74, 6) is 0.853. The average molecular weight is 263 g/mol. The molecule has 1 fully saturated rings. The number of likely N-dealkylation sites (tertiary alicyclic amines) is 1. The number of amides is 1. The van der Waals surface area contributed by atoms with Gasteiger partial charge in [-0.1, -0.05) is 20.8 Å². The van der Waals surface area contributed by atoms with Crippen LogP contribution in [0.25, 0.3) is 0 Å². The van der Waals surface area contributed by atoms with Gasteiger partial charge in [-0.15, -0.1) is 12.4 Å². The van der Waals surface area contributed by atoms with Crippen LogP contribution in [0.4, 0.5) is 0 Å². The Morgan fingerprint density at radius 2 is 2.06 bits per heavy atom. The fourth-order valence-corrected chi connectivity index (χ4v) is 2.18. The van der Waals surface area contributed by atoms with Crippen molar-refractivity contribution in [1.29, 1.82) is 0 Å². The normalized spacial score (nSPS) is 20.2. The number of halogens is 1. The zero-order valence-corrected chi connectivity index (χ0v) is 12.2.